The first kappa shape index (κ1) is 11.1. The Kier molecular flexibility index (Phi) is 4.49. The van der Waals surface area contributed by atoms with Gasteiger partial charge in [0, 0.05) is 12.7 Å². The predicted octanol–water partition coefficient (Wildman–Crippen LogP) is 0.818. The van der Waals surface area contributed by atoms with Crippen LogP contribution in [0, 0.1) is 0 Å². The van der Waals surface area contributed by atoms with Crippen molar-refractivity contribution in [3.63, 3.8) is 0 Å². The number of aromatic nitrogens is 2. The fraction of sp³-hybridized carbons (Fsp3) is 0.600. The Labute approximate surface area is 85.2 Å². The third-order valence-electron chi connectivity index (χ3n) is 2.42. The molecule has 0 fully saturated rings. The first-order chi connectivity index (χ1) is 6.83. The second-order valence-corrected chi connectivity index (χ2v) is 3.11. The zero-order chi connectivity index (χ0) is 10.4. The second kappa shape index (κ2) is 5.67. The van der Waals surface area contributed by atoms with E-state index >= 15 is 0 Å². The van der Waals surface area contributed by atoms with Gasteiger partial charge in [-0.2, -0.15) is 0 Å². The SMILES string of the molecule is CCN(CC)C(CN)c1ccncn1. The molecule has 0 amide bonds. The Bertz CT molecular complexity index is 246. The number of nitrogens with zero attached hydrogens (tertiary/aromatic N) is 3. The molecule has 0 bridgehead atoms. The van der Waals surface area contributed by atoms with Gasteiger partial charge >= 0.3 is 0 Å². The molecule has 0 aliphatic carbocycles. The quantitative estimate of drug-likeness (QED) is 0.754. The van der Waals surface area contributed by atoms with E-state index in [1.54, 1.807) is 12.5 Å². The highest BCUT2D eigenvalue weighted by Gasteiger charge is 2.16. The third-order valence-corrected chi connectivity index (χ3v) is 2.42. The summed E-state index contributed by atoms with van der Waals surface area (Å²) in [4.78, 5) is 10.4. The van der Waals surface area contributed by atoms with Crippen molar-refractivity contribution >= 4 is 0 Å². The van der Waals surface area contributed by atoms with Crippen LogP contribution in [-0.4, -0.2) is 34.5 Å². The van der Waals surface area contributed by atoms with Gasteiger partial charge in [-0.25, -0.2) is 9.97 Å². The first-order valence-electron chi connectivity index (χ1n) is 5.03. The Balaban J connectivity index is 2.81. The topological polar surface area (TPSA) is 55.0 Å². The summed E-state index contributed by atoms with van der Waals surface area (Å²) in [5, 5.41) is 0. The Morgan fingerprint density at radius 3 is 2.57 bits per heavy atom. The van der Waals surface area contributed by atoms with E-state index < -0.39 is 0 Å². The summed E-state index contributed by atoms with van der Waals surface area (Å²) >= 11 is 0. The lowest BCUT2D eigenvalue weighted by Gasteiger charge is -2.27. The molecule has 0 aliphatic heterocycles. The number of hydrogen-bond acceptors (Lipinski definition) is 4. The molecule has 1 unspecified atom stereocenters. The molecule has 0 saturated carbocycles. The van der Waals surface area contributed by atoms with Crippen LogP contribution in [0.2, 0.25) is 0 Å². The van der Waals surface area contributed by atoms with Gasteiger partial charge in [-0.05, 0) is 19.2 Å². The number of likely N-dealkylation sites (N-methyl/N-ethyl adjacent to an activating group) is 1. The molecule has 1 atom stereocenters. The number of hydrogen-bond donors (Lipinski definition) is 1. The summed E-state index contributed by atoms with van der Waals surface area (Å²) in [7, 11) is 0. The highest BCUT2D eigenvalue weighted by Crippen LogP contribution is 2.15. The normalized spacial score (nSPS) is 13.1. The van der Waals surface area contributed by atoms with Gasteiger partial charge < -0.3 is 5.73 Å². The van der Waals surface area contributed by atoms with Crippen LogP contribution in [-0.2, 0) is 0 Å². The van der Waals surface area contributed by atoms with Gasteiger partial charge in [0.1, 0.15) is 6.33 Å². The zero-order valence-electron chi connectivity index (χ0n) is 8.85. The monoisotopic (exact) mass is 194 g/mol. The summed E-state index contributed by atoms with van der Waals surface area (Å²) in [5.74, 6) is 0. The van der Waals surface area contributed by atoms with Crippen LogP contribution in [0.15, 0.2) is 18.6 Å². The van der Waals surface area contributed by atoms with Crippen LogP contribution >= 0.6 is 0 Å². The number of rotatable bonds is 5. The Morgan fingerprint density at radius 1 is 1.43 bits per heavy atom. The van der Waals surface area contributed by atoms with Crippen LogP contribution in [0.5, 0.6) is 0 Å². The molecule has 1 heterocycles. The van der Waals surface area contributed by atoms with Crippen molar-refractivity contribution < 1.29 is 0 Å². The summed E-state index contributed by atoms with van der Waals surface area (Å²) in [5.41, 5.74) is 6.76. The van der Waals surface area contributed by atoms with Crippen LogP contribution in [0.4, 0.5) is 0 Å². The van der Waals surface area contributed by atoms with E-state index in [1.165, 1.54) is 0 Å². The van der Waals surface area contributed by atoms with Crippen molar-refractivity contribution in [1.29, 1.82) is 0 Å². The lowest BCUT2D eigenvalue weighted by atomic mass is 10.1. The van der Waals surface area contributed by atoms with Gasteiger partial charge in [0.05, 0.1) is 11.7 Å². The van der Waals surface area contributed by atoms with Gasteiger partial charge in [-0.15, -0.1) is 0 Å². The average Bonchev–Trinajstić information content (AvgIpc) is 2.27. The molecule has 1 aromatic heterocycles. The van der Waals surface area contributed by atoms with Crippen molar-refractivity contribution in [2.45, 2.75) is 19.9 Å². The zero-order valence-corrected chi connectivity index (χ0v) is 8.85. The smallest absolute Gasteiger partial charge is 0.115 e. The standard InChI is InChI=1S/C10H18N4/c1-3-14(4-2)10(7-11)9-5-6-12-8-13-9/h5-6,8,10H,3-4,7,11H2,1-2H3. The number of nitrogens with two attached hydrogens (primary N) is 1. The molecule has 0 spiro atoms. The fourth-order valence-corrected chi connectivity index (χ4v) is 1.62. The Morgan fingerprint density at radius 2 is 2.14 bits per heavy atom. The van der Waals surface area contributed by atoms with E-state index in [0.717, 1.165) is 18.8 Å². The molecule has 4 nitrogen and oxygen atoms in total. The van der Waals surface area contributed by atoms with E-state index in [2.05, 4.69) is 28.7 Å². The maximum atomic E-state index is 5.75. The summed E-state index contributed by atoms with van der Waals surface area (Å²) < 4.78 is 0. The van der Waals surface area contributed by atoms with Crippen LogP contribution in [0.1, 0.15) is 25.6 Å². The molecule has 78 valence electrons. The highest BCUT2D eigenvalue weighted by molar-refractivity contribution is 5.05. The van der Waals surface area contributed by atoms with E-state index in [1.807, 2.05) is 6.07 Å². The maximum Gasteiger partial charge on any atom is 0.115 e. The fourth-order valence-electron chi connectivity index (χ4n) is 1.62. The van der Waals surface area contributed by atoms with Crippen molar-refractivity contribution in [3.8, 4) is 0 Å². The maximum absolute atomic E-state index is 5.75. The van der Waals surface area contributed by atoms with Crippen LogP contribution in [0.25, 0.3) is 0 Å². The van der Waals surface area contributed by atoms with Crippen LogP contribution < -0.4 is 5.73 Å². The molecule has 2 N–H and O–H groups in total. The second-order valence-electron chi connectivity index (χ2n) is 3.11. The molecule has 14 heavy (non-hydrogen) atoms. The van der Waals surface area contributed by atoms with Gasteiger partial charge in [0.15, 0.2) is 0 Å². The van der Waals surface area contributed by atoms with Crippen molar-refractivity contribution in [1.82, 2.24) is 14.9 Å². The van der Waals surface area contributed by atoms with E-state index in [4.69, 9.17) is 5.73 Å². The predicted molar refractivity (Wildman–Crippen MR) is 56.7 cm³/mol. The molecule has 0 aromatic carbocycles. The molecule has 4 heteroatoms. The summed E-state index contributed by atoms with van der Waals surface area (Å²) in [6.07, 6.45) is 3.33. The molecule has 0 saturated heterocycles. The molecule has 1 aromatic rings. The van der Waals surface area contributed by atoms with Crippen molar-refractivity contribution in [2.24, 2.45) is 5.73 Å². The summed E-state index contributed by atoms with van der Waals surface area (Å²) in [6.45, 7) is 6.84. The van der Waals surface area contributed by atoms with Gasteiger partial charge in [-0.1, -0.05) is 13.8 Å². The van der Waals surface area contributed by atoms with Gasteiger partial charge in [0.2, 0.25) is 0 Å². The average molecular weight is 194 g/mol. The first-order valence-corrected chi connectivity index (χ1v) is 5.03. The third kappa shape index (κ3) is 2.49. The van der Waals surface area contributed by atoms with Gasteiger partial charge in [-0.3, -0.25) is 4.90 Å². The van der Waals surface area contributed by atoms with E-state index in [0.29, 0.717) is 6.54 Å². The molecule has 1 rings (SSSR count). The van der Waals surface area contributed by atoms with E-state index in [9.17, 15) is 0 Å². The Hall–Kier alpha value is -1.00. The minimum atomic E-state index is 0.216. The molecular weight excluding hydrogens is 176 g/mol. The van der Waals surface area contributed by atoms with Gasteiger partial charge in [0.25, 0.3) is 0 Å². The lowest BCUT2D eigenvalue weighted by molar-refractivity contribution is 0.220. The minimum Gasteiger partial charge on any atom is -0.329 e. The summed E-state index contributed by atoms with van der Waals surface area (Å²) in [6, 6.07) is 2.14. The van der Waals surface area contributed by atoms with Crippen molar-refractivity contribution in [3.05, 3.63) is 24.3 Å². The highest BCUT2D eigenvalue weighted by atomic mass is 15.2. The lowest BCUT2D eigenvalue weighted by Crippen LogP contribution is -2.34. The van der Waals surface area contributed by atoms with E-state index in [-0.39, 0.29) is 6.04 Å². The van der Waals surface area contributed by atoms with Crippen LogP contribution in [0.3, 0.4) is 0 Å². The molecular formula is C10H18N4. The van der Waals surface area contributed by atoms with Crippen molar-refractivity contribution in [2.75, 3.05) is 19.6 Å². The molecule has 0 aliphatic rings. The largest absolute Gasteiger partial charge is 0.329 e. The minimum absolute atomic E-state index is 0.216. The molecule has 0 radical (unpaired) electrons.